The van der Waals surface area contributed by atoms with Crippen molar-refractivity contribution >= 4 is 17.0 Å². The first-order valence-electron chi connectivity index (χ1n) is 5.66. The van der Waals surface area contributed by atoms with Crippen LogP contribution in [-0.2, 0) is 4.74 Å². The van der Waals surface area contributed by atoms with Crippen molar-refractivity contribution < 1.29 is 19.3 Å². The number of fused-ring (bicyclic) bond motifs is 1. The lowest BCUT2D eigenvalue weighted by Crippen LogP contribution is -2.30. The molecule has 0 saturated carbocycles. The zero-order valence-corrected chi connectivity index (χ0v) is 9.93. The number of nitrogen functional groups attached to an aromatic ring is 1. The fourth-order valence-corrected chi connectivity index (χ4v) is 2.15. The van der Waals surface area contributed by atoms with Gasteiger partial charge in [-0.3, -0.25) is 4.57 Å². The molecule has 19 heavy (non-hydrogen) atoms. The van der Waals surface area contributed by atoms with E-state index in [9.17, 15) is 14.6 Å². The number of halogens is 1. The van der Waals surface area contributed by atoms with Crippen LogP contribution in [0.2, 0.25) is 0 Å². The predicted molar refractivity (Wildman–Crippen MR) is 61.3 cm³/mol. The second-order valence-corrected chi connectivity index (χ2v) is 4.41. The molecule has 0 spiro atoms. The van der Waals surface area contributed by atoms with Gasteiger partial charge in [0.15, 0.2) is 23.2 Å². The molecule has 0 bridgehead atoms. The van der Waals surface area contributed by atoms with Crippen molar-refractivity contribution in [2.75, 3.05) is 5.73 Å². The average Bonchev–Trinajstić information content (AvgIpc) is 2.86. The Balaban J connectivity index is 2.11. The Morgan fingerprint density at radius 3 is 2.74 bits per heavy atom. The molecule has 0 radical (unpaired) electrons. The van der Waals surface area contributed by atoms with Crippen LogP contribution >= 0.6 is 0 Å². The maximum atomic E-state index is 13.2. The van der Waals surface area contributed by atoms with Gasteiger partial charge in [-0.1, -0.05) is 0 Å². The normalized spacial score (nSPS) is 31.2. The number of rotatable bonds is 1. The van der Waals surface area contributed by atoms with Gasteiger partial charge in [-0.2, -0.15) is 14.4 Å². The van der Waals surface area contributed by atoms with Gasteiger partial charge in [-0.25, -0.2) is 4.98 Å². The summed E-state index contributed by atoms with van der Waals surface area (Å²) in [6.07, 6.45) is -3.33. The average molecular weight is 269 g/mol. The number of hydrogen-bond donors (Lipinski definition) is 3. The van der Waals surface area contributed by atoms with Crippen LogP contribution in [0.15, 0.2) is 6.33 Å². The monoisotopic (exact) mass is 269 g/mol. The minimum Gasteiger partial charge on any atom is -0.388 e. The van der Waals surface area contributed by atoms with Crippen LogP contribution in [0.5, 0.6) is 0 Å². The molecule has 2 aromatic rings. The second-order valence-electron chi connectivity index (χ2n) is 4.41. The second kappa shape index (κ2) is 4.08. The third-order valence-corrected chi connectivity index (χ3v) is 3.17. The number of nitrogens with two attached hydrogens (primary N) is 1. The van der Waals surface area contributed by atoms with Crippen molar-refractivity contribution in [1.82, 2.24) is 19.5 Å². The van der Waals surface area contributed by atoms with Crippen LogP contribution < -0.4 is 5.73 Å². The van der Waals surface area contributed by atoms with E-state index < -0.39 is 30.6 Å². The fraction of sp³-hybridized carbons (Fsp3) is 0.500. The molecule has 102 valence electrons. The number of aliphatic hydroxyl groups is 2. The Morgan fingerprint density at radius 1 is 1.37 bits per heavy atom. The van der Waals surface area contributed by atoms with E-state index in [2.05, 4.69) is 15.0 Å². The van der Waals surface area contributed by atoms with Gasteiger partial charge in [0.05, 0.1) is 12.4 Å². The molecule has 1 aliphatic rings. The summed E-state index contributed by atoms with van der Waals surface area (Å²) in [7, 11) is 0. The van der Waals surface area contributed by atoms with Crippen molar-refractivity contribution in [2.24, 2.45) is 0 Å². The van der Waals surface area contributed by atoms with Crippen LogP contribution in [0.3, 0.4) is 0 Å². The van der Waals surface area contributed by atoms with Gasteiger partial charge < -0.3 is 20.7 Å². The molecule has 4 N–H and O–H groups in total. The number of imidazole rings is 1. The minimum absolute atomic E-state index is 0.0951. The van der Waals surface area contributed by atoms with Crippen molar-refractivity contribution in [3.8, 4) is 0 Å². The van der Waals surface area contributed by atoms with Gasteiger partial charge in [0.2, 0.25) is 0 Å². The Hall–Kier alpha value is -1.84. The van der Waals surface area contributed by atoms with Crippen molar-refractivity contribution in [3.63, 3.8) is 0 Å². The standard InChI is InChI=1S/C10H12FN5O3/c1-3-5(17)6(18)9(19-3)16-2-13-4-7(12)14-10(11)15-8(4)16/h2-3,5-6,9,17-18H,1H3,(H2,12,14,15)/t3-,5?,6-,9-/m1/s1. The van der Waals surface area contributed by atoms with Gasteiger partial charge in [0.25, 0.3) is 0 Å². The van der Waals surface area contributed by atoms with Gasteiger partial charge in [-0.05, 0) is 6.92 Å². The smallest absolute Gasteiger partial charge is 0.312 e. The van der Waals surface area contributed by atoms with Crippen LogP contribution in [0.4, 0.5) is 10.2 Å². The molecular formula is C10H12FN5O3. The molecule has 1 fully saturated rings. The molecule has 2 aromatic heterocycles. The maximum absolute atomic E-state index is 13.2. The van der Waals surface area contributed by atoms with E-state index in [4.69, 9.17) is 10.5 Å². The van der Waals surface area contributed by atoms with E-state index in [0.29, 0.717) is 0 Å². The molecule has 0 amide bonds. The molecular weight excluding hydrogens is 257 g/mol. The largest absolute Gasteiger partial charge is 0.388 e. The van der Waals surface area contributed by atoms with E-state index in [1.807, 2.05) is 0 Å². The third kappa shape index (κ3) is 1.74. The molecule has 0 aliphatic carbocycles. The number of ether oxygens (including phenoxy) is 1. The number of aliphatic hydroxyl groups excluding tert-OH is 2. The summed E-state index contributed by atoms with van der Waals surface area (Å²) in [6, 6.07) is 0. The van der Waals surface area contributed by atoms with Crippen LogP contribution in [0, 0.1) is 6.08 Å². The van der Waals surface area contributed by atoms with E-state index >= 15 is 0 Å². The number of nitrogens with zero attached hydrogens (tertiary/aromatic N) is 4. The molecule has 9 heteroatoms. The van der Waals surface area contributed by atoms with E-state index in [1.165, 1.54) is 10.9 Å². The lowest BCUT2D eigenvalue weighted by atomic mass is 10.1. The van der Waals surface area contributed by atoms with Gasteiger partial charge in [0, 0.05) is 0 Å². The molecule has 1 saturated heterocycles. The Kier molecular flexibility index (Phi) is 2.62. The molecule has 8 nitrogen and oxygen atoms in total. The van der Waals surface area contributed by atoms with Gasteiger partial charge in [-0.15, -0.1) is 0 Å². The quantitative estimate of drug-likeness (QED) is 0.579. The molecule has 0 aromatic carbocycles. The van der Waals surface area contributed by atoms with E-state index in [0.717, 1.165) is 0 Å². The molecule has 1 aliphatic heterocycles. The molecule has 3 rings (SSSR count). The summed E-state index contributed by atoms with van der Waals surface area (Å²) in [5.74, 6) is -0.0951. The lowest BCUT2D eigenvalue weighted by Gasteiger charge is -2.16. The van der Waals surface area contributed by atoms with Crippen LogP contribution in [0.1, 0.15) is 13.2 Å². The summed E-state index contributed by atoms with van der Waals surface area (Å²) in [4.78, 5) is 10.9. The van der Waals surface area contributed by atoms with Gasteiger partial charge in [0.1, 0.15) is 12.2 Å². The fourth-order valence-electron chi connectivity index (χ4n) is 2.15. The SMILES string of the molecule is C[C@H]1O[C@@H](n2cnc3c(N)nc(F)nc32)[C@H](O)C1O. The van der Waals surface area contributed by atoms with Crippen molar-refractivity contribution in [2.45, 2.75) is 31.5 Å². The summed E-state index contributed by atoms with van der Waals surface area (Å²) < 4.78 is 19.9. The molecule has 3 heterocycles. The lowest BCUT2D eigenvalue weighted by molar-refractivity contribution is -0.0300. The zero-order valence-electron chi connectivity index (χ0n) is 9.93. The summed E-state index contributed by atoms with van der Waals surface area (Å²) >= 11 is 0. The number of aromatic nitrogens is 4. The van der Waals surface area contributed by atoms with Crippen molar-refractivity contribution in [1.29, 1.82) is 0 Å². The Morgan fingerprint density at radius 2 is 2.11 bits per heavy atom. The first kappa shape index (κ1) is 12.2. The summed E-state index contributed by atoms with van der Waals surface area (Å²) in [6.45, 7) is 1.62. The minimum atomic E-state index is -1.16. The highest BCUT2D eigenvalue weighted by molar-refractivity contribution is 5.81. The Labute approximate surface area is 106 Å². The van der Waals surface area contributed by atoms with E-state index in [1.54, 1.807) is 6.92 Å². The van der Waals surface area contributed by atoms with Crippen molar-refractivity contribution in [3.05, 3.63) is 12.4 Å². The van der Waals surface area contributed by atoms with Crippen LogP contribution in [-0.4, -0.2) is 48.0 Å². The topological polar surface area (TPSA) is 119 Å². The predicted octanol–water partition coefficient (Wildman–Crippen LogP) is -0.813. The summed E-state index contributed by atoms with van der Waals surface area (Å²) in [5.41, 5.74) is 5.86. The number of anilines is 1. The van der Waals surface area contributed by atoms with Gasteiger partial charge >= 0.3 is 6.08 Å². The van der Waals surface area contributed by atoms with Crippen LogP contribution in [0.25, 0.3) is 11.2 Å². The maximum Gasteiger partial charge on any atom is 0.312 e. The zero-order chi connectivity index (χ0) is 13.7. The highest BCUT2D eigenvalue weighted by Crippen LogP contribution is 2.31. The summed E-state index contributed by atoms with van der Waals surface area (Å²) in [5, 5.41) is 19.6. The highest BCUT2D eigenvalue weighted by Gasteiger charge is 2.42. The highest BCUT2D eigenvalue weighted by atomic mass is 19.1. The molecule has 1 unspecified atom stereocenters. The Bertz CT molecular complexity index is 633. The molecule has 4 atom stereocenters. The first-order valence-corrected chi connectivity index (χ1v) is 5.66. The van der Waals surface area contributed by atoms with E-state index in [-0.39, 0.29) is 17.0 Å². The number of hydrogen-bond acceptors (Lipinski definition) is 7. The third-order valence-electron chi connectivity index (χ3n) is 3.17. The first-order chi connectivity index (χ1) is 8.99.